The summed E-state index contributed by atoms with van der Waals surface area (Å²) >= 11 is 0. The van der Waals surface area contributed by atoms with Crippen LogP contribution in [0.3, 0.4) is 0 Å². The van der Waals surface area contributed by atoms with Gasteiger partial charge in [-0.05, 0) is 43.9 Å². The molecular formula is C25H42N8O3. The fourth-order valence-electron chi connectivity index (χ4n) is 5.08. The molecule has 2 saturated carbocycles. The number of nitrogens with one attached hydrogen (secondary N) is 3. The topological polar surface area (TPSA) is 163 Å². The fourth-order valence-corrected chi connectivity index (χ4v) is 5.08. The molecule has 0 bridgehead atoms. The number of aliphatic hydroxyl groups is 2. The van der Waals surface area contributed by atoms with Crippen molar-refractivity contribution in [2.24, 2.45) is 11.1 Å². The lowest BCUT2D eigenvalue weighted by Crippen LogP contribution is -2.42. The standard InChI is InChI=1S/C25H42N8O3/c1-5-18(34)30-16-12-17(21(36)20(16)35)33-13-28-19-22(27-11-10-25(2,3)4)31-24(32-23(19)33)29-15-8-6-14(26)7-9-15/h13-17,20-21,35-36H,5-12,26H2,1-4H3,(H,30,34)(H2,27,29,31,32)/t14?,15?,16-,17+,20+,21-/m0/s1. The van der Waals surface area contributed by atoms with Crippen LogP contribution in [0.4, 0.5) is 11.8 Å². The summed E-state index contributed by atoms with van der Waals surface area (Å²) in [6.45, 7) is 9.07. The van der Waals surface area contributed by atoms with Gasteiger partial charge in [0.05, 0.1) is 18.4 Å². The smallest absolute Gasteiger partial charge is 0.227 e. The Morgan fingerprint density at radius 2 is 1.89 bits per heavy atom. The molecule has 200 valence electrons. The van der Waals surface area contributed by atoms with Crippen LogP contribution in [0.25, 0.3) is 11.2 Å². The normalized spacial score (nSPS) is 28.9. The molecule has 2 aromatic heterocycles. The molecule has 2 aromatic rings. The molecule has 36 heavy (non-hydrogen) atoms. The van der Waals surface area contributed by atoms with Crippen molar-refractivity contribution in [1.29, 1.82) is 0 Å². The van der Waals surface area contributed by atoms with E-state index in [0.29, 0.717) is 35.8 Å². The molecule has 0 radical (unpaired) electrons. The second-order valence-corrected chi connectivity index (χ2v) is 11.5. The quantitative estimate of drug-likeness (QED) is 0.316. The fraction of sp³-hybridized carbons (Fsp3) is 0.760. The van der Waals surface area contributed by atoms with Gasteiger partial charge in [0.25, 0.3) is 0 Å². The van der Waals surface area contributed by atoms with E-state index >= 15 is 0 Å². The van der Waals surface area contributed by atoms with Crippen LogP contribution in [0.1, 0.15) is 78.7 Å². The maximum absolute atomic E-state index is 11.9. The number of nitrogens with zero attached hydrogens (tertiary/aromatic N) is 4. The minimum atomic E-state index is -1.07. The van der Waals surface area contributed by atoms with E-state index in [2.05, 4.69) is 41.7 Å². The number of carbonyl (C=O) groups is 1. The first-order valence-electron chi connectivity index (χ1n) is 13.2. The highest BCUT2D eigenvalue weighted by molar-refractivity contribution is 5.84. The highest BCUT2D eigenvalue weighted by Crippen LogP contribution is 2.35. The van der Waals surface area contributed by atoms with E-state index in [4.69, 9.17) is 15.7 Å². The van der Waals surface area contributed by atoms with Crippen LogP contribution in [0.2, 0.25) is 0 Å². The number of imidazole rings is 1. The Bertz CT molecular complexity index is 1040. The van der Waals surface area contributed by atoms with Crippen LogP contribution in [0.5, 0.6) is 0 Å². The van der Waals surface area contributed by atoms with E-state index in [9.17, 15) is 15.0 Å². The largest absolute Gasteiger partial charge is 0.388 e. The Morgan fingerprint density at radius 3 is 2.56 bits per heavy atom. The van der Waals surface area contributed by atoms with Gasteiger partial charge in [-0.2, -0.15) is 9.97 Å². The van der Waals surface area contributed by atoms with Crippen LogP contribution in [0, 0.1) is 5.41 Å². The first kappa shape index (κ1) is 26.6. The molecule has 2 aliphatic carbocycles. The molecule has 2 fully saturated rings. The first-order valence-corrected chi connectivity index (χ1v) is 13.2. The van der Waals surface area contributed by atoms with Gasteiger partial charge in [-0.15, -0.1) is 0 Å². The number of fused-ring (bicyclic) bond motifs is 1. The maximum atomic E-state index is 11.9. The molecule has 0 saturated heterocycles. The number of anilines is 2. The predicted molar refractivity (Wildman–Crippen MR) is 140 cm³/mol. The Labute approximate surface area is 212 Å². The van der Waals surface area contributed by atoms with Crippen molar-refractivity contribution < 1.29 is 15.0 Å². The predicted octanol–water partition coefficient (Wildman–Crippen LogP) is 1.92. The van der Waals surface area contributed by atoms with E-state index < -0.39 is 24.3 Å². The summed E-state index contributed by atoms with van der Waals surface area (Å²) in [5.41, 5.74) is 7.44. The molecule has 4 rings (SSSR count). The van der Waals surface area contributed by atoms with Gasteiger partial charge in [0.1, 0.15) is 12.2 Å². The molecular weight excluding hydrogens is 460 g/mol. The minimum Gasteiger partial charge on any atom is -0.388 e. The van der Waals surface area contributed by atoms with E-state index in [1.165, 1.54) is 0 Å². The van der Waals surface area contributed by atoms with Crippen molar-refractivity contribution in [1.82, 2.24) is 24.8 Å². The SMILES string of the molecule is CCC(=O)N[C@H]1C[C@@H](n2cnc3c(NCCC(C)(C)C)nc(NC4CCC(N)CC4)nc32)[C@H](O)[C@@H]1O. The Morgan fingerprint density at radius 1 is 1.17 bits per heavy atom. The summed E-state index contributed by atoms with van der Waals surface area (Å²) in [6.07, 6.45) is 5.00. The van der Waals surface area contributed by atoms with E-state index in [0.717, 1.165) is 38.6 Å². The van der Waals surface area contributed by atoms with Crippen LogP contribution < -0.4 is 21.7 Å². The van der Waals surface area contributed by atoms with Gasteiger partial charge in [-0.3, -0.25) is 4.79 Å². The minimum absolute atomic E-state index is 0.159. The number of aliphatic hydroxyl groups excluding tert-OH is 2. The number of hydrogen-bond acceptors (Lipinski definition) is 9. The van der Waals surface area contributed by atoms with E-state index in [1.54, 1.807) is 17.8 Å². The molecule has 0 aliphatic heterocycles. The summed E-state index contributed by atoms with van der Waals surface area (Å²) < 4.78 is 1.81. The Balaban J connectivity index is 1.63. The van der Waals surface area contributed by atoms with E-state index in [-0.39, 0.29) is 23.4 Å². The zero-order valence-electron chi connectivity index (χ0n) is 21.9. The zero-order valence-corrected chi connectivity index (χ0v) is 21.9. The van der Waals surface area contributed by atoms with Gasteiger partial charge < -0.3 is 36.5 Å². The van der Waals surface area contributed by atoms with Crippen LogP contribution >= 0.6 is 0 Å². The van der Waals surface area contributed by atoms with Gasteiger partial charge in [0.2, 0.25) is 11.9 Å². The number of aromatic nitrogens is 4. The summed E-state index contributed by atoms with van der Waals surface area (Å²) in [4.78, 5) is 26.1. The number of amides is 1. The Kier molecular flexibility index (Phi) is 8.01. The van der Waals surface area contributed by atoms with Gasteiger partial charge >= 0.3 is 0 Å². The third kappa shape index (κ3) is 6.07. The lowest BCUT2D eigenvalue weighted by Gasteiger charge is -2.27. The molecule has 2 heterocycles. The van der Waals surface area contributed by atoms with Crippen molar-refractivity contribution in [3.63, 3.8) is 0 Å². The number of rotatable bonds is 8. The Hall–Kier alpha value is -2.50. The highest BCUT2D eigenvalue weighted by Gasteiger charge is 2.43. The summed E-state index contributed by atoms with van der Waals surface area (Å²) in [5, 5.41) is 31.2. The third-order valence-electron chi connectivity index (χ3n) is 7.37. The van der Waals surface area contributed by atoms with Crippen LogP contribution in [-0.2, 0) is 4.79 Å². The third-order valence-corrected chi connectivity index (χ3v) is 7.37. The van der Waals surface area contributed by atoms with Crippen molar-refractivity contribution in [3.8, 4) is 0 Å². The van der Waals surface area contributed by atoms with Crippen molar-refractivity contribution >= 4 is 28.8 Å². The summed E-state index contributed by atoms with van der Waals surface area (Å²) in [7, 11) is 0. The van der Waals surface area contributed by atoms with Gasteiger partial charge in [0.15, 0.2) is 17.0 Å². The zero-order chi connectivity index (χ0) is 26.0. The molecule has 11 heteroatoms. The monoisotopic (exact) mass is 502 g/mol. The van der Waals surface area contributed by atoms with Crippen LogP contribution in [-0.4, -0.2) is 72.5 Å². The van der Waals surface area contributed by atoms with E-state index in [1.807, 2.05) is 0 Å². The van der Waals surface area contributed by atoms with Crippen molar-refractivity contribution in [2.45, 2.75) is 109 Å². The number of nitrogens with two attached hydrogens (primary N) is 1. The van der Waals surface area contributed by atoms with Crippen LogP contribution in [0.15, 0.2) is 6.33 Å². The second-order valence-electron chi connectivity index (χ2n) is 11.5. The highest BCUT2D eigenvalue weighted by atomic mass is 16.3. The number of carbonyl (C=O) groups excluding carboxylic acids is 1. The molecule has 4 atom stereocenters. The molecule has 11 nitrogen and oxygen atoms in total. The molecule has 0 unspecified atom stereocenters. The van der Waals surface area contributed by atoms with Gasteiger partial charge in [-0.25, -0.2) is 4.98 Å². The number of hydrogen-bond donors (Lipinski definition) is 6. The molecule has 7 N–H and O–H groups in total. The molecule has 1 amide bonds. The van der Waals surface area contributed by atoms with Gasteiger partial charge in [-0.1, -0.05) is 27.7 Å². The summed E-state index contributed by atoms with van der Waals surface area (Å²) in [5.74, 6) is 0.988. The molecule has 0 aromatic carbocycles. The maximum Gasteiger partial charge on any atom is 0.227 e. The molecule has 0 spiro atoms. The first-order chi connectivity index (χ1) is 17.1. The van der Waals surface area contributed by atoms with Gasteiger partial charge in [0, 0.05) is 25.0 Å². The van der Waals surface area contributed by atoms with Crippen molar-refractivity contribution in [2.75, 3.05) is 17.2 Å². The second kappa shape index (κ2) is 10.9. The molecule has 2 aliphatic rings. The average Bonchev–Trinajstić information content (AvgIpc) is 3.36. The van der Waals surface area contributed by atoms with Crippen molar-refractivity contribution in [3.05, 3.63) is 6.33 Å². The summed E-state index contributed by atoms with van der Waals surface area (Å²) in [6, 6.07) is -0.525. The average molecular weight is 503 g/mol. The lowest BCUT2D eigenvalue weighted by atomic mass is 9.92. The lowest BCUT2D eigenvalue weighted by molar-refractivity contribution is -0.122.